The first kappa shape index (κ1) is 14.7. The van der Waals surface area contributed by atoms with Crippen molar-refractivity contribution >= 4 is 21.6 Å². The first-order valence-electron chi connectivity index (χ1n) is 5.75. The van der Waals surface area contributed by atoms with E-state index < -0.39 is 21.8 Å². The second kappa shape index (κ2) is 5.55. The summed E-state index contributed by atoms with van der Waals surface area (Å²) >= 11 is 0. The molecular formula is C10H19N3O4S. The van der Waals surface area contributed by atoms with Gasteiger partial charge in [0, 0.05) is 0 Å². The van der Waals surface area contributed by atoms with Crippen LogP contribution in [-0.4, -0.2) is 42.9 Å². The highest BCUT2D eigenvalue weighted by molar-refractivity contribution is 7.91. The van der Waals surface area contributed by atoms with Crippen LogP contribution in [0.25, 0.3) is 0 Å². The lowest BCUT2D eigenvalue weighted by molar-refractivity contribution is -0.124. The lowest BCUT2D eigenvalue weighted by Gasteiger charge is -2.22. The molecule has 1 fully saturated rings. The molecule has 4 N–H and O–H groups in total. The lowest BCUT2D eigenvalue weighted by atomic mass is 10.0. The zero-order valence-corrected chi connectivity index (χ0v) is 11.3. The van der Waals surface area contributed by atoms with Crippen molar-refractivity contribution in [3.63, 3.8) is 0 Å². The van der Waals surface area contributed by atoms with Crippen molar-refractivity contribution in [3.05, 3.63) is 0 Å². The Labute approximate surface area is 106 Å². The minimum absolute atomic E-state index is 0.0427. The molecule has 0 radical (unpaired) electrons. The van der Waals surface area contributed by atoms with E-state index in [4.69, 9.17) is 10.9 Å². The number of hydrogen-bond acceptors (Lipinski definition) is 5. The molecule has 0 saturated carbocycles. The quantitative estimate of drug-likeness (QED) is 0.272. The van der Waals surface area contributed by atoms with Crippen molar-refractivity contribution in [2.45, 2.75) is 26.3 Å². The fourth-order valence-electron chi connectivity index (χ4n) is 1.92. The molecule has 0 aromatic carbocycles. The second-order valence-electron chi connectivity index (χ2n) is 4.86. The lowest BCUT2D eigenvalue weighted by Crippen LogP contribution is -2.49. The highest BCUT2D eigenvalue weighted by Gasteiger charge is 2.34. The van der Waals surface area contributed by atoms with Gasteiger partial charge in [0.25, 0.3) is 0 Å². The topological polar surface area (TPSA) is 122 Å². The van der Waals surface area contributed by atoms with Crippen LogP contribution in [-0.2, 0) is 14.6 Å². The maximum Gasteiger partial charge on any atom is 0.224 e. The summed E-state index contributed by atoms with van der Waals surface area (Å²) < 4.78 is 22.6. The Morgan fingerprint density at radius 2 is 2.11 bits per heavy atom. The number of nitrogens with two attached hydrogens (primary N) is 1. The third kappa shape index (κ3) is 3.59. The summed E-state index contributed by atoms with van der Waals surface area (Å²) in [5.41, 5.74) is 5.49. The molecule has 1 heterocycles. The Balaban J connectivity index is 2.69. The highest BCUT2D eigenvalue weighted by atomic mass is 32.2. The SMILES string of the molecule is CC(C)C(NC(=O)C1CCS(=O)(=O)C1)C(N)=NO. The molecule has 0 spiro atoms. The Morgan fingerprint density at radius 3 is 2.50 bits per heavy atom. The largest absolute Gasteiger partial charge is 0.409 e. The summed E-state index contributed by atoms with van der Waals surface area (Å²) in [6, 6.07) is -0.592. The summed E-state index contributed by atoms with van der Waals surface area (Å²) in [6.07, 6.45) is 0.329. The number of hydrogen-bond donors (Lipinski definition) is 3. The second-order valence-corrected chi connectivity index (χ2v) is 7.08. The third-order valence-corrected chi connectivity index (χ3v) is 4.77. The van der Waals surface area contributed by atoms with Gasteiger partial charge in [-0.05, 0) is 12.3 Å². The fraction of sp³-hybridized carbons (Fsp3) is 0.800. The number of sulfone groups is 1. The average Bonchev–Trinajstić information content (AvgIpc) is 2.64. The van der Waals surface area contributed by atoms with Crippen molar-refractivity contribution in [2.24, 2.45) is 22.7 Å². The maximum atomic E-state index is 11.9. The number of carbonyl (C=O) groups excluding carboxylic acids is 1. The number of amidine groups is 1. The molecule has 2 unspecified atom stereocenters. The van der Waals surface area contributed by atoms with Gasteiger partial charge in [-0.2, -0.15) is 0 Å². The predicted molar refractivity (Wildman–Crippen MR) is 66.9 cm³/mol. The van der Waals surface area contributed by atoms with Gasteiger partial charge in [-0.1, -0.05) is 19.0 Å². The standard InChI is InChI=1S/C10H19N3O4S/c1-6(2)8(9(11)13-15)12-10(14)7-3-4-18(16,17)5-7/h6-8,15H,3-5H2,1-2H3,(H2,11,13)(H,12,14). The van der Waals surface area contributed by atoms with E-state index in [9.17, 15) is 13.2 Å². The van der Waals surface area contributed by atoms with Crippen molar-refractivity contribution in [3.8, 4) is 0 Å². The van der Waals surface area contributed by atoms with Crippen LogP contribution < -0.4 is 11.1 Å². The van der Waals surface area contributed by atoms with E-state index in [0.717, 1.165) is 0 Å². The summed E-state index contributed by atoms with van der Waals surface area (Å²) in [5, 5.41) is 14.1. The van der Waals surface area contributed by atoms with Crippen LogP contribution in [0, 0.1) is 11.8 Å². The molecular weight excluding hydrogens is 258 g/mol. The molecule has 0 aromatic rings. The number of oxime groups is 1. The van der Waals surface area contributed by atoms with Crippen molar-refractivity contribution in [1.29, 1.82) is 0 Å². The summed E-state index contributed by atoms with van der Waals surface area (Å²) in [6.45, 7) is 3.63. The number of carbonyl (C=O) groups is 1. The molecule has 8 heteroatoms. The minimum atomic E-state index is -3.09. The van der Waals surface area contributed by atoms with Crippen LogP contribution in [0.1, 0.15) is 20.3 Å². The molecule has 7 nitrogen and oxygen atoms in total. The van der Waals surface area contributed by atoms with E-state index >= 15 is 0 Å². The molecule has 0 aromatic heterocycles. The van der Waals surface area contributed by atoms with E-state index in [1.807, 2.05) is 13.8 Å². The molecule has 1 aliphatic rings. The number of nitrogens with one attached hydrogen (secondary N) is 1. The van der Waals surface area contributed by atoms with E-state index in [0.29, 0.717) is 6.42 Å². The molecule has 2 atom stereocenters. The zero-order valence-electron chi connectivity index (χ0n) is 10.5. The first-order chi connectivity index (χ1) is 8.26. The highest BCUT2D eigenvalue weighted by Crippen LogP contribution is 2.19. The summed E-state index contributed by atoms with van der Waals surface area (Å²) in [7, 11) is -3.09. The monoisotopic (exact) mass is 277 g/mol. The molecule has 1 amide bonds. The molecule has 0 bridgehead atoms. The molecule has 18 heavy (non-hydrogen) atoms. The smallest absolute Gasteiger partial charge is 0.224 e. The fourth-order valence-corrected chi connectivity index (χ4v) is 3.66. The third-order valence-electron chi connectivity index (χ3n) is 3.00. The van der Waals surface area contributed by atoms with Gasteiger partial charge >= 0.3 is 0 Å². The predicted octanol–water partition coefficient (Wildman–Crippen LogP) is -0.692. The van der Waals surface area contributed by atoms with Crippen LogP contribution in [0.15, 0.2) is 5.16 Å². The van der Waals surface area contributed by atoms with Crippen LogP contribution in [0.5, 0.6) is 0 Å². The van der Waals surface area contributed by atoms with Gasteiger partial charge in [-0.3, -0.25) is 4.79 Å². The minimum Gasteiger partial charge on any atom is -0.409 e. The zero-order chi connectivity index (χ0) is 13.9. The normalized spacial score (nSPS) is 25.1. The first-order valence-corrected chi connectivity index (χ1v) is 7.57. The van der Waals surface area contributed by atoms with Crippen molar-refractivity contribution < 1.29 is 18.4 Å². The number of nitrogens with zero attached hydrogens (tertiary/aromatic N) is 1. The van der Waals surface area contributed by atoms with Crippen LogP contribution in [0.4, 0.5) is 0 Å². The number of amides is 1. The van der Waals surface area contributed by atoms with Gasteiger partial charge in [0.05, 0.1) is 23.5 Å². The summed E-state index contributed by atoms with van der Waals surface area (Å²) in [5.74, 6) is -1.12. The molecule has 1 rings (SSSR count). The van der Waals surface area contributed by atoms with E-state index in [-0.39, 0.29) is 29.2 Å². The summed E-state index contributed by atoms with van der Waals surface area (Å²) in [4.78, 5) is 11.9. The van der Waals surface area contributed by atoms with Crippen LogP contribution in [0.2, 0.25) is 0 Å². The van der Waals surface area contributed by atoms with Crippen LogP contribution in [0.3, 0.4) is 0 Å². The molecule has 104 valence electrons. The van der Waals surface area contributed by atoms with Crippen molar-refractivity contribution in [2.75, 3.05) is 11.5 Å². The van der Waals surface area contributed by atoms with Gasteiger partial charge in [-0.15, -0.1) is 0 Å². The van der Waals surface area contributed by atoms with Gasteiger partial charge in [0.15, 0.2) is 15.7 Å². The van der Waals surface area contributed by atoms with Gasteiger partial charge in [-0.25, -0.2) is 8.42 Å². The van der Waals surface area contributed by atoms with E-state index in [2.05, 4.69) is 10.5 Å². The Hall–Kier alpha value is -1.31. The average molecular weight is 277 g/mol. The molecule has 1 aliphatic heterocycles. The van der Waals surface area contributed by atoms with E-state index in [1.165, 1.54) is 0 Å². The van der Waals surface area contributed by atoms with Crippen molar-refractivity contribution in [1.82, 2.24) is 5.32 Å². The number of rotatable bonds is 4. The molecule has 0 aliphatic carbocycles. The van der Waals surface area contributed by atoms with Crippen LogP contribution >= 0.6 is 0 Å². The van der Waals surface area contributed by atoms with E-state index in [1.54, 1.807) is 0 Å². The maximum absolute atomic E-state index is 11.9. The Morgan fingerprint density at radius 1 is 1.50 bits per heavy atom. The molecule has 1 saturated heterocycles. The Kier molecular flexibility index (Phi) is 4.55. The van der Waals surface area contributed by atoms with Gasteiger partial charge in [0.2, 0.25) is 5.91 Å². The van der Waals surface area contributed by atoms with Gasteiger partial charge < -0.3 is 16.3 Å². The Bertz CT molecular complexity index is 444. The van der Waals surface area contributed by atoms with Gasteiger partial charge in [0.1, 0.15) is 0 Å².